The van der Waals surface area contributed by atoms with Gasteiger partial charge in [0.2, 0.25) is 0 Å². The Morgan fingerprint density at radius 3 is 2.58 bits per heavy atom. The first-order chi connectivity index (χ1) is 9.29. The molecule has 19 heavy (non-hydrogen) atoms. The van der Waals surface area contributed by atoms with Crippen molar-refractivity contribution in [2.24, 2.45) is 0 Å². The van der Waals surface area contributed by atoms with E-state index in [1.807, 2.05) is 6.07 Å². The van der Waals surface area contributed by atoms with Gasteiger partial charge < -0.3 is 9.73 Å². The Bertz CT molecular complexity index is 479. The van der Waals surface area contributed by atoms with Crippen molar-refractivity contribution < 1.29 is 4.42 Å². The molecule has 1 N–H and O–H groups in total. The highest BCUT2D eigenvalue weighted by molar-refractivity contribution is 5.27. The van der Waals surface area contributed by atoms with E-state index in [9.17, 15) is 0 Å². The molecule has 0 atom stereocenters. The Morgan fingerprint density at radius 2 is 1.89 bits per heavy atom. The highest BCUT2D eigenvalue weighted by atomic mass is 16.3. The Hall–Kier alpha value is -1.58. The summed E-state index contributed by atoms with van der Waals surface area (Å²) in [5.74, 6) is 0. The molecular weight excluding hydrogens is 236 g/mol. The first-order valence-electron chi connectivity index (χ1n) is 6.76. The molecule has 1 aromatic carbocycles. The van der Waals surface area contributed by atoms with E-state index < -0.39 is 0 Å². The van der Waals surface area contributed by atoms with Gasteiger partial charge in [-0.15, -0.1) is 0 Å². The van der Waals surface area contributed by atoms with Gasteiger partial charge in [0, 0.05) is 25.2 Å². The van der Waals surface area contributed by atoms with Crippen molar-refractivity contribution in [2.75, 3.05) is 13.6 Å². The topological polar surface area (TPSA) is 28.4 Å². The predicted octanol–water partition coefficient (Wildman–Crippen LogP) is 3.02. The van der Waals surface area contributed by atoms with Gasteiger partial charge in [0.25, 0.3) is 0 Å². The summed E-state index contributed by atoms with van der Waals surface area (Å²) in [6, 6.07) is 10.6. The zero-order chi connectivity index (χ0) is 13.5. The molecular formula is C16H22N2O. The van der Waals surface area contributed by atoms with Gasteiger partial charge in [-0.25, -0.2) is 0 Å². The summed E-state index contributed by atoms with van der Waals surface area (Å²) in [5, 5.41) is 3.39. The fourth-order valence-corrected chi connectivity index (χ4v) is 2.18. The van der Waals surface area contributed by atoms with Crippen LogP contribution >= 0.6 is 0 Å². The zero-order valence-corrected chi connectivity index (χ0v) is 11.7. The fraction of sp³-hybridized carbons (Fsp3) is 0.375. The molecule has 0 unspecified atom stereocenters. The summed E-state index contributed by atoms with van der Waals surface area (Å²) < 4.78 is 5.11. The molecule has 0 aliphatic carbocycles. The van der Waals surface area contributed by atoms with Crippen molar-refractivity contribution in [3.8, 4) is 0 Å². The van der Waals surface area contributed by atoms with Crippen LogP contribution in [0.5, 0.6) is 0 Å². The molecule has 2 aromatic rings. The maximum atomic E-state index is 5.11. The number of nitrogens with one attached hydrogen (secondary N) is 1. The van der Waals surface area contributed by atoms with Crippen LogP contribution in [0.2, 0.25) is 0 Å². The minimum Gasteiger partial charge on any atom is -0.472 e. The SMILES string of the molecule is CCNCc1ccccc1CN(C)Cc1ccoc1. The summed E-state index contributed by atoms with van der Waals surface area (Å²) in [7, 11) is 2.14. The van der Waals surface area contributed by atoms with E-state index in [4.69, 9.17) is 4.42 Å². The van der Waals surface area contributed by atoms with E-state index in [0.717, 1.165) is 26.2 Å². The third kappa shape index (κ3) is 4.23. The van der Waals surface area contributed by atoms with Gasteiger partial charge in [0.1, 0.15) is 0 Å². The van der Waals surface area contributed by atoms with Crippen LogP contribution in [0.4, 0.5) is 0 Å². The maximum Gasteiger partial charge on any atom is 0.0947 e. The molecule has 0 aliphatic heterocycles. The lowest BCUT2D eigenvalue weighted by molar-refractivity contribution is 0.316. The Labute approximate surface area is 115 Å². The molecule has 3 heteroatoms. The molecule has 0 amide bonds. The molecule has 0 fully saturated rings. The number of nitrogens with zero attached hydrogens (tertiary/aromatic N) is 1. The van der Waals surface area contributed by atoms with Crippen LogP contribution in [0, 0.1) is 0 Å². The first-order valence-corrected chi connectivity index (χ1v) is 6.76. The molecule has 0 saturated heterocycles. The standard InChI is InChI=1S/C16H22N2O/c1-3-17-10-15-6-4-5-7-16(15)12-18(2)11-14-8-9-19-13-14/h4-9,13,17H,3,10-12H2,1-2H3. The minimum atomic E-state index is 0.909. The number of furan rings is 1. The van der Waals surface area contributed by atoms with Crippen LogP contribution in [0.15, 0.2) is 47.3 Å². The van der Waals surface area contributed by atoms with E-state index in [1.54, 1.807) is 12.5 Å². The highest BCUT2D eigenvalue weighted by Gasteiger charge is 2.06. The normalized spacial score (nSPS) is 11.1. The molecule has 102 valence electrons. The molecule has 3 nitrogen and oxygen atoms in total. The number of rotatable bonds is 7. The van der Waals surface area contributed by atoms with Gasteiger partial charge in [-0.3, -0.25) is 4.90 Å². The lowest BCUT2D eigenvalue weighted by Crippen LogP contribution is -2.19. The minimum absolute atomic E-state index is 0.909. The molecule has 2 rings (SSSR count). The van der Waals surface area contributed by atoms with Crippen molar-refractivity contribution in [1.29, 1.82) is 0 Å². The van der Waals surface area contributed by atoms with Crippen LogP contribution < -0.4 is 5.32 Å². The van der Waals surface area contributed by atoms with Crippen LogP contribution in [0.3, 0.4) is 0 Å². The molecule has 1 aromatic heterocycles. The first kappa shape index (κ1) is 13.8. The summed E-state index contributed by atoms with van der Waals surface area (Å²) in [5.41, 5.74) is 3.98. The van der Waals surface area contributed by atoms with E-state index in [0.29, 0.717) is 0 Å². The zero-order valence-electron chi connectivity index (χ0n) is 11.7. The lowest BCUT2D eigenvalue weighted by atomic mass is 10.1. The van der Waals surface area contributed by atoms with Gasteiger partial charge in [0.05, 0.1) is 12.5 Å². The van der Waals surface area contributed by atoms with E-state index >= 15 is 0 Å². The average molecular weight is 258 g/mol. The quantitative estimate of drug-likeness (QED) is 0.827. The molecule has 1 heterocycles. The molecule has 0 saturated carbocycles. The summed E-state index contributed by atoms with van der Waals surface area (Å²) in [4.78, 5) is 2.30. The van der Waals surface area contributed by atoms with E-state index in [-0.39, 0.29) is 0 Å². The fourth-order valence-electron chi connectivity index (χ4n) is 2.18. The monoisotopic (exact) mass is 258 g/mol. The van der Waals surface area contributed by atoms with Crippen molar-refractivity contribution in [3.05, 3.63) is 59.5 Å². The number of hydrogen-bond donors (Lipinski definition) is 1. The summed E-state index contributed by atoms with van der Waals surface area (Å²) >= 11 is 0. The van der Waals surface area contributed by atoms with Gasteiger partial charge in [-0.2, -0.15) is 0 Å². The van der Waals surface area contributed by atoms with Crippen LogP contribution in [-0.2, 0) is 19.6 Å². The smallest absolute Gasteiger partial charge is 0.0947 e. The highest BCUT2D eigenvalue weighted by Crippen LogP contribution is 2.13. The number of benzene rings is 1. The van der Waals surface area contributed by atoms with Crippen molar-refractivity contribution in [2.45, 2.75) is 26.6 Å². The second-order valence-electron chi connectivity index (χ2n) is 4.85. The van der Waals surface area contributed by atoms with Crippen molar-refractivity contribution in [3.63, 3.8) is 0 Å². The summed E-state index contributed by atoms with van der Waals surface area (Å²) in [6.07, 6.45) is 3.53. The molecule has 0 spiro atoms. The second-order valence-corrected chi connectivity index (χ2v) is 4.85. The maximum absolute atomic E-state index is 5.11. The Morgan fingerprint density at radius 1 is 1.11 bits per heavy atom. The predicted molar refractivity (Wildman–Crippen MR) is 77.7 cm³/mol. The van der Waals surface area contributed by atoms with Crippen molar-refractivity contribution in [1.82, 2.24) is 10.2 Å². The third-order valence-corrected chi connectivity index (χ3v) is 3.16. The Kier molecular flexibility index (Phi) is 5.19. The van der Waals surface area contributed by atoms with Crippen LogP contribution in [0.1, 0.15) is 23.6 Å². The average Bonchev–Trinajstić information content (AvgIpc) is 2.90. The second kappa shape index (κ2) is 7.12. The van der Waals surface area contributed by atoms with E-state index in [2.05, 4.69) is 48.5 Å². The van der Waals surface area contributed by atoms with Crippen LogP contribution in [-0.4, -0.2) is 18.5 Å². The van der Waals surface area contributed by atoms with E-state index in [1.165, 1.54) is 16.7 Å². The van der Waals surface area contributed by atoms with Gasteiger partial charge in [-0.05, 0) is 30.8 Å². The third-order valence-electron chi connectivity index (χ3n) is 3.16. The van der Waals surface area contributed by atoms with Gasteiger partial charge >= 0.3 is 0 Å². The molecule has 0 aliphatic rings. The Balaban J connectivity index is 1.97. The van der Waals surface area contributed by atoms with Gasteiger partial charge in [0.15, 0.2) is 0 Å². The lowest BCUT2D eigenvalue weighted by Gasteiger charge is -2.18. The molecule has 0 bridgehead atoms. The van der Waals surface area contributed by atoms with Crippen LogP contribution in [0.25, 0.3) is 0 Å². The van der Waals surface area contributed by atoms with Crippen molar-refractivity contribution >= 4 is 0 Å². The summed E-state index contributed by atoms with van der Waals surface area (Å²) in [6.45, 7) is 5.93. The van der Waals surface area contributed by atoms with Gasteiger partial charge in [-0.1, -0.05) is 31.2 Å². The number of hydrogen-bond acceptors (Lipinski definition) is 3. The largest absolute Gasteiger partial charge is 0.472 e. The molecule has 0 radical (unpaired) electrons.